The van der Waals surface area contributed by atoms with Gasteiger partial charge >= 0.3 is 11.9 Å². The number of aromatic carboxylic acids is 2. The van der Waals surface area contributed by atoms with Crippen LogP contribution in [0.2, 0.25) is 0 Å². The van der Waals surface area contributed by atoms with E-state index in [-0.39, 0.29) is 11.1 Å². The van der Waals surface area contributed by atoms with Gasteiger partial charge in [0.25, 0.3) is 0 Å². The van der Waals surface area contributed by atoms with Crippen molar-refractivity contribution >= 4 is 55.0 Å². The predicted molar refractivity (Wildman–Crippen MR) is 136 cm³/mol. The average Bonchev–Trinajstić information content (AvgIpc) is 2.84. The number of rotatable bonds is 3. The van der Waals surface area contributed by atoms with Crippen LogP contribution in [0.25, 0.3) is 54.2 Å². The Labute approximate surface area is 194 Å². The normalized spacial score (nSPS) is 11.4. The smallest absolute Gasteiger partial charge is 0.336 e. The van der Waals surface area contributed by atoms with Gasteiger partial charge in [-0.3, -0.25) is 0 Å². The topological polar surface area (TPSA) is 74.6 Å². The molecule has 0 aliphatic heterocycles. The monoisotopic (exact) mass is 442 g/mol. The fourth-order valence-corrected chi connectivity index (χ4v) is 4.87. The highest BCUT2D eigenvalue weighted by molar-refractivity contribution is 6.17. The van der Waals surface area contributed by atoms with E-state index >= 15 is 0 Å². The Morgan fingerprint density at radius 1 is 0.500 bits per heavy atom. The molecule has 0 radical (unpaired) electrons. The Hall–Kier alpha value is -4.70. The first-order valence-corrected chi connectivity index (χ1v) is 10.9. The van der Waals surface area contributed by atoms with Gasteiger partial charge in [0.05, 0.1) is 11.1 Å². The lowest BCUT2D eigenvalue weighted by molar-refractivity contribution is 0.0687. The summed E-state index contributed by atoms with van der Waals surface area (Å²) in [5, 5.41) is 27.2. The molecule has 6 aromatic rings. The van der Waals surface area contributed by atoms with Crippen LogP contribution in [0.4, 0.5) is 0 Å². The number of fused-ring (bicyclic) bond motifs is 4. The summed E-state index contributed by atoms with van der Waals surface area (Å²) in [5.74, 6) is -2.11. The number of benzene rings is 6. The second kappa shape index (κ2) is 7.42. The maximum absolute atomic E-state index is 12.4. The molecule has 0 saturated carbocycles. The van der Waals surface area contributed by atoms with E-state index < -0.39 is 11.9 Å². The minimum absolute atomic E-state index is 0.118. The first-order chi connectivity index (χ1) is 16.5. The fraction of sp³-hybridized carbons (Fsp3) is 0. The first-order valence-electron chi connectivity index (χ1n) is 10.9. The SMILES string of the molecule is O=C(O)c1cc(-c2c(C(=O)O)ccc3cc4ccccc4cc23)c2cc3ccccc3cc2c1. The Morgan fingerprint density at radius 3 is 1.65 bits per heavy atom. The molecule has 0 aliphatic rings. The van der Waals surface area contributed by atoms with Crippen molar-refractivity contribution in [3.8, 4) is 11.1 Å². The molecule has 0 atom stereocenters. The van der Waals surface area contributed by atoms with Crippen molar-refractivity contribution in [3.05, 3.63) is 108 Å². The van der Waals surface area contributed by atoms with E-state index in [1.54, 1.807) is 18.2 Å². The number of carbonyl (C=O) groups is 2. The summed E-state index contributed by atoms with van der Waals surface area (Å²) in [4.78, 5) is 24.4. The third-order valence-corrected chi connectivity index (χ3v) is 6.45. The van der Waals surface area contributed by atoms with E-state index in [0.717, 1.165) is 43.1 Å². The zero-order valence-corrected chi connectivity index (χ0v) is 17.9. The van der Waals surface area contributed by atoms with Crippen LogP contribution >= 0.6 is 0 Å². The highest BCUT2D eigenvalue weighted by Gasteiger charge is 2.20. The summed E-state index contributed by atoms with van der Waals surface area (Å²) in [6.45, 7) is 0. The maximum Gasteiger partial charge on any atom is 0.336 e. The molecule has 2 N–H and O–H groups in total. The molecule has 4 heteroatoms. The van der Waals surface area contributed by atoms with Crippen LogP contribution < -0.4 is 0 Å². The van der Waals surface area contributed by atoms with Crippen molar-refractivity contribution < 1.29 is 19.8 Å². The Kier molecular flexibility index (Phi) is 4.36. The van der Waals surface area contributed by atoms with Crippen molar-refractivity contribution in [2.75, 3.05) is 0 Å². The Balaban J connectivity index is 1.82. The number of carboxylic acids is 2. The van der Waals surface area contributed by atoms with Crippen molar-refractivity contribution in [2.24, 2.45) is 0 Å². The van der Waals surface area contributed by atoms with E-state index in [2.05, 4.69) is 0 Å². The lowest BCUT2D eigenvalue weighted by Gasteiger charge is -2.16. The summed E-state index contributed by atoms with van der Waals surface area (Å²) in [5.41, 5.74) is 1.38. The van der Waals surface area contributed by atoms with E-state index in [4.69, 9.17) is 0 Å². The third-order valence-electron chi connectivity index (χ3n) is 6.45. The van der Waals surface area contributed by atoms with E-state index in [0.29, 0.717) is 11.1 Å². The molecule has 0 fully saturated rings. The zero-order chi connectivity index (χ0) is 23.4. The molecule has 0 amide bonds. The molecule has 6 rings (SSSR count). The standard InChI is InChI=1S/C30H18O4/c31-29(32)23-13-22-12-18-6-2-3-7-19(18)14-25(22)27(16-23)28-24(30(33)34)10-9-21-11-17-5-1-4-8-20(17)15-26(21)28/h1-16H,(H,31,32)(H,33,34). The molecule has 0 heterocycles. The van der Waals surface area contributed by atoms with Gasteiger partial charge in [0, 0.05) is 5.56 Å². The van der Waals surface area contributed by atoms with Crippen molar-refractivity contribution in [1.29, 1.82) is 0 Å². The molecular weight excluding hydrogens is 424 g/mol. The minimum atomic E-state index is -1.06. The van der Waals surface area contributed by atoms with Gasteiger partial charge in [-0.25, -0.2) is 9.59 Å². The summed E-state index contributed by atoms with van der Waals surface area (Å²) in [7, 11) is 0. The van der Waals surface area contributed by atoms with Gasteiger partial charge < -0.3 is 10.2 Å². The van der Waals surface area contributed by atoms with E-state index in [9.17, 15) is 19.8 Å². The second-order valence-electron chi connectivity index (χ2n) is 8.46. The summed E-state index contributed by atoms with van der Waals surface area (Å²) in [6.07, 6.45) is 0. The highest BCUT2D eigenvalue weighted by atomic mass is 16.4. The maximum atomic E-state index is 12.4. The molecule has 34 heavy (non-hydrogen) atoms. The molecule has 0 spiro atoms. The van der Waals surface area contributed by atoms with Crippen LogP contribution in [0.1, 0.15) is 20.7 Å². The van der Waals surface area contributed by atoms with E-state index in [1.807, 2.05) is 78.9 Å². The lowest BCUT2D eigenvalue weighted by Crippen LogP contribution is -2.03. The first kappa shape index (κ1) is 19.9. The van der Waals surface area contributed by atoms with Crippen molar-refractivity contribution in [2.45, 2.75) is 0 Å². The summed E-state index contributed by atoms with van der Waals surface area (Å²) < 4.78 is 0. The van der Waals surface area contributed by atoms with Gasteiger partial charge in [-0.15, -0.1) is 0 Å². The van der Waals surface area contributed by atoms with Crippen LogP contribution in [0.5, 0.6) is 0 Å². The van der Waals surface area contributed by atoms with Gasteiger partial charge in [-0.1, -0.05) is 54.6 Å². The fourth-order valence-electron chi connectivity index (χ4n) is 4.87. The minimum Gasteiger partial charge on any atom is -0.478 e. The lowest BCUT2D eigenvalue weighted by atomic mass is 9.87. The molecule has 0 aliphatic carbocycles. The molecule has 4 nitrogen and oxygen atoms in total. The third kappa shape index (κ3) is 3.08. The molecule has 0 aromatic heterocycles. The largest absolute Gasteiger partial charge is 0.478 e. The van der Waals surface area contributed by atoms with Crippen LogP contribution in [-0.2, 0) is 0 Å². The van der Waals surface area contributed by atoms with E-state index in [1.165, 1.54) is 0 Å². The predicted octanol–water partition coefficient (Wildman–Crippen LogP) is 7.36. The highest BCUT2D eigenvalue weighted by Crippen LogP contribution is 2.40. The Bertz CT molecular complexity index is 1810. The second-order valence-corrected chi connectivity index (χ2v) is 8.46. The molecule has 162 valence electrons. The summed E-state index contributed by atoms with van der Waals surface area (Å²) >= 11 is 0. The molecule has 6 aromatic carbocycles. The summed E-state index contributed by atoms with van der Waals surface area (Å²) in [6, 6.07) is 30.5. The van der Waals surface area contributed by atoms with Gasteiger partial charge in [0.15, 0.2) is 0 Å². The molecule has 0 bridgehead atoms. The van der Waals surface area contributed by atoms with Crippen LogP contribution in [-0.4, -0.2) is 22.2 Å². The molecule has 0 saturated heterocycles. The van der Waals surface area contributed by atoms with Gasteiger partial charge in [0.2, 0.25) is 0 Å². The number of hydrogen-bond donors (Lipinski definition) is 2. The van der Waals surface area contributed by atoms with Gasteiger partial charge in [0.1, 0.15) is 0 Å². The zero-order valence-electron chi connectivity index (χ0n) is 17.9. The average molecular weight is 442 g/mol. The van der Waals surface area contributed by atoms with Crippen LogP contribution in [0.3, 0.4) is 0 Å². The molecule has 0 unspecified atom stereocenters. The van der Waals surface area contributed by atoms with Crippen molar-refractivity contribution in [3.63, 3.8) is 0 Å². The number of carboxylic acid groups (broad SMARTS) is 2. The Morgan fingerprint density at radius 2 is 1.06 bits per heavy atom. The van der Waals surface area contributed by atoms with Crippen LogP contribution in [0.15, 0.2) is 97.1 Å². The number of hydrogen-bond acceptors (Lipinski definition) is 2. The van der Waals surface area contributed by atoms with Crippen molar-refractivity contribution in [1.82, 2.24) is 0 Å². The quantitative estimate of drug-likeness (QED) is 0.281. The van der Waals surface area contributed by atoms with Gasteiger partial charge in [-0.2, -0.15) is 0 Å². The van der Waals surface area contributed by atoms with Crippen LogP contribution in [0, 0.1) is 0 Å². The molecular formula is C30H18O4. The van der Waals surface area contributed by atoms with Gasteiger partial charge in [-0.05, 0) is 91.1 Å².